The minimum absolute atomic E-state index is 0.169. The fourth-order valence-electron chi connectivity index (χ4n) is 1.71. The zero-order valence-corrected chi connectivity index (χ0v) is 10.8. The molecule has 0 saturated carbocycles. The van der Waals surface area contributed by atoms with Crippen LogP contribution in [0.3, 0.4) is 0 Å². The standard InChI is InChI=1S/C13H14N2O5/c1-19-12(17)7-14-11(16)6-10-13(18)15-8-4-2-3-5-9(8)20-10/h2-5,10H,6-7H2,1H3,(H,14,16)(H,15,18). The first kappa shape index (κ1) is 13.9. The maximum atomic E-state index is 11.8. The van der Waals surface area contributed by atoms with Gasteiger partial charge in [0.05, 0.1) is 19.2 Å². The van der Waals surface area contributed by atoms with Crippen LogP contribution in [0.2, 0.25) is 0 Å². The number of anilines is 1. The molecule has 7 nitrogen and oxygen atoms in total. The number of hydrogen-bond donors (Lipinski definition) is 2. The summed E-state index contributed by atoms with van der Waals surface area (Å²) in [6.07, 6.45) is -1.08. The second-order valence-electron chi connectivity index (χ2n) is 4.15. The predicted octanol–water partition coefficient (Wildman–Crippen LogP) is 0.0654. The molecule has 0 saturated heterocycles. The Morgan fingerprint density at radius 3 is 2.90 bits per heavy atom. The molecule has 2 N–H and O–H groups in total. The zero-order chi connectivity index (χ0) is 14.5. The van der Waals surface area contributed by atoms with Gasteiger partial charge in [0, 0.05) is 0 Å². The molecule has 1 aliphatic rings. The van der Waals surface area contributed by atoms with Crippen molar-refractivity contribution in [2.24, 2.45) is 0 Å². The molecular formula is C13H14N2O5. The lowest BCUT2D eigenvalue weighted by molar-refractivity contribution is -0.141. The van der Waals surface area contributed by atoms with Gasteiger partial charge in [0.2, 0.25) is 5.91 Å². The molecule has 1 aliphatic heterocycles. The minimum atomic E-state index is -0.914. The molecule has 2 rings (SSSR count). The number of esters is 1. The Morgan fingerprint density at radius 1 is 1.40 bits per heavy atom. The molecule has 0 radical (unpaired) electrons. The van der Waals surface area contributed by atoms with Gasteiger partial charge >= 0.3 is 5.97 Å². The van der Waals surface area contributed by atoms with Crippen LogP contribution in [0.5, 0.6) is 5.75 Å². The summed E-state index contributed by atoms with van der Waals surface area (Å²) in [4.78, 5) is 34.3. The molecule has 0 fully saturated rings. The van der Waals surface area contributed by atoms with Crippen LogP contribution in [0.1, 0.15) is 6.42 Å². The average Bonchev–Trinajstić information content (AvgIpc) is 2.45. The maximum Gasteiger partial charge on any atom is 0.325 e. The Kier molecular flexibility index (Phi) is 4.19. The van der Waals surface area contributed by atoms with Crippen molar-refractivity contribution < 1.29 is 23.9 Å². The molecular weight excluding hydrogens is 264 g/mol. The highest BCUT2D eigenvalue weighted by atomic mass is 16.5. The van der Waals surface area contributed by atoms with Gasteiger partial charge in [-0.25, -0.2) is 0 Å². The highest BCUT2D eigenvalue weighted by Gasteiger charge is 2.29. The number of carbonyl (C=O) groups is 3. The number of rotatable bonds is 4. The fraction of sp³-hybridized carbons (Fsp3) is 0.308. The van der Waals surface area contributed by atoms with Gasteiger partial charge in [-0.2, -0.15) is 0 Å². The van der Waals surface area contributed by atoms with E-state index in [1.807, 2.05) is 0 Å². The Bertz CT molecular complexity index is 543. The van der Waals surface area contributed by atoms with Crippen LogP contribution in [0.25, 0.3) is 0 Å². The van der Waals surface area contributed by atoms with Crippen molar-refractivity contribution in [2.45, 2.75) is 12.5 Å². The van der Waals surface area contributed by atoms with E-state index in [4.69, 9.17) is 4.74 Å². The van der Waals surface area contributed by atoms with Crippen LogP contribution in [-0.2, 0) is 19.1 Å². The van der Waals surface area contributed by atoms with E-state index in [2.05, 4.69) is 15.4 Å². The molecule has 0 aromatic heterocycles. The van der Waals surface area contributed by atoms with Gasteiger partial charge in [0.1, 0.15) is 12.3 Å². The quantitative estimate of drug-likeness (QED) is 0.760. The number of hydrogen-bond acceptors (Lipinski definition) is 5. The molecule has 2 amide bonds. The van der Waals surface area contributed by atoms with Crippen molar-refractivity contribution in [1.82, 2.24) is 5.32 Å². The summed E-state index contributed by atoms with van der Waals surface area (Å²) in [6.45, 7) is -0.236. The van der Waals surface area contributed by atoms with Gasteiger partial charge in [0.25, 0.3) is 5.91 Å². The molecule has 20 heavy (non-hydrogen) atoms. The molecule has 1 aromatic rings. The lowest BCUT2D eigenvalue weighted by Crippen LogP contribution is -2.41. The summed E-state index contributed by atoms with van der Waals surface area (Å²) in [6, 6.07) is 6.95. The Hall–Kier alpha value is -2.57. The summed E-state index contributed by atoms with van der Waals surface area (Å²) in [5.74, 6) is -0.901. The third kappa shape index (κ3) is 3.25. The Balaban J connectivity index is 1.92. The summed E-state index contributed by atoms with van der Waals surface area (Å²) in [5.41, 5.74) is 0.573. The van der Waals surface area contributed by atoms with E-state index in [0.717, 1.165) is 0 Å². The first-order valence-corrected chi connectivity index (χ1v) is 6.00. The second-order valence-corrected chi connectivity index (χ2v) is 4.15. The Labute approximate surface area is 115 Å². The molecule has 1 atom stereocenters. The van der Waals surface area contributed by atoms with Crippen LogP contribution < -0.4 is 15.4 Å². The van der Waals surface area contributed by atoms with Crippen LogP contribution in [-0.4, -0.2) is 37.5 Å². The summed E-state index contributed by atoms with van der Waals surface area (Å²) >= 11 is 0. The molecule has 1 unspecified atom stereocenters. The Morgan fingerprint density at radius 2 is 2.15 bits per heavy atom. The van der Waals surface area contributed by atoms with Crippen molar-refractivity contribution in [1.29, 1.82) is 0 Å². The van der Waals surface area contributed by atoms with E-state index in [1.165, 1.54) is 7.11 Å². The molecule has 1 aromatic carbocycles. The first-order chi connectivity index (χ1) is 9.60. The van der Waals surface area contributed by atoms with Gasteiger partial charge in [-0.15, -0.1) is 0 Å². The second kappa shape index (κ2) is 6.05. The molecule has 7 heteroatoms. The number of benzene rings is 1. The highest BCUT2D eigenvalue weighted by Crippen LogP contribution is 2.29. The maximum absolute atomic E-state index is 11.8. The summed E-state index contributed by atoms with van der Waals surface area (Å²) in [7, 11) is 1.23. The van der Waals surface area contributed by atoms with Crippen LogP contribution >= 0.6 is 0 Å². The SMILES string of the molecule is COC(=O)CNC(=O)CC1Oc2ccccc2NC1=O. The van der Waals surface area contributed by atoms with Gasteiger partial charge in [-0.1, -0.05) is 12.1 Å². The van der Waals surface area contributed by atoms with Crippen molar-refractivity contribution in [3.8, 4) is 5.75 Å². The van der Waals surface area contributed by atoms with E-state index in [9.17, 15) is 14.4 Å². The van der Waals surface area contributed by atoms with Gasteiger partial charge in [0.15, 0.2) is 6.10 Å². The van der Waals surface area contributed by atoms with Crippen LogP contribution in [0.4, 0.5) is 5.69 Å². The van der Waals surface area contributed by atoms with E-state index < -0.39 is 23.9 Å². The number of ether oxygens (including phenoxy) is 2. The van der Waals surface area contributed by atoms with E-state index in [0.29, 0.717) is 11.4 Å². The molecule has 106 valence electrons. The van der Waals surface area contributed by atoms with Crippen molar-refractivity contribution in [3.63, 3.8) is 0 Å². The number of carbonyl (C=O) groups excluding carboxylic acids is 3. The number of fused-ring (bicyclic) bond motifs is 1. The number of methoxy groups -OCH3 is 1. The molecule has 0 bridgehead atoms. The predicted molar refractivity (Wildman–Crippen MR) is 69.1 cm³/mol. The van der Waals surface area contributed by atoms with Crippen molar-refractivity contribution in [3.05, 3.63) is 24.3 Å². The molecule has 0 spiro atoms. The normalized spacial score (nSPS) is 16.4. The highest BCUT2D eigenvalue weighted by molar-refractivity contribution is 6.00. The van der Waals surface area contributed by atoms with Crippen LogP contribution in [0.15, 0.2) is 24.3 Å². The van der Waals surface area contributed by atoms with Crippen molar-refractivity contribution in [2.75, 3.05) is 19.0 Å². The third-order valence-electron chi connectivity index (χ3n) is 2.73. The zero-order valence-electron chi connectivity index (χ0n) is 10.8. The number of amides is 2. The van der Waals surface area contributed by atoms with Crippen molar-refractivity contribution >= 4 is 23.5 Å². The summed E-state index contributed by atoms with van der Waals surface area (Å²) < 4.78 is 9.85. The minimum Gasteiger partial charge on any atom is -0.478 e. The number of para-hydroxylation sites is 2. The molecule has 0 aliphatic carbocycles. The lowest BCUT2D eigenvalue weighted by atomic mass is 10.1. The van der Waals surface area contributed by atoms with E-state index in [-0.39, 0.29) is 13.0 Å². The topological polar surface area (TPSA) is 93.7 Å². The number of nitrogens with one attached hydrogen (secondary N) is 2. The largest absolute Gasteiger partial charge is 0.478 e. The average molecular weight is 278 g/mol. The van der Waals surface area contributed by atoms with E-state index in [1.54, 1.807) is 24.3 Å². The fourth-order valence-corrected chi connectivity index (χ4v) is 1.71. The van der Waals surface area contributed by atoms with Crippen LogP contribution in [0, 0.1) is 0 Å². The molecule has 1 heterocycles. The summed E-state index contributed by atoms with van der Waals surface area (Å²) in [5, 5.41) is 5.01. The van der Waals surface area contributed by atoms with Gasteiger partial charge in [-0.3, -0.25) is 14.4 Å². The van der Waals surface area contributed by atoms with E-state index >= 15 is 0 Å². The van der Waals surface area contributed by atoms with Gasteiger partial charge in [-0.05, 0) is 12.1 Å². The third-order valence-corrected chi connectivity index (χ3v) is 2.73. The monoisotopic (exact) mass is 278 g/mol. The van der Waals surface area contributed by atoms with Gasteiger partial charge < -0.3 is 20.1 Å². The smallest absolute Gasteiger partial charge is 0.325 e. The lowest BCUT2D eigenvalue weighted by Gasteiger charge is -2.25. The first-order valence-electron chi connectivity index (χ1n) is 6.00.